The van der Waals surface area contributed by atoms with Crippen LogP contribution in [0.4, 0.5) is 0 Å². The Hall–Kier alpha value is -7.10. The monoisotopic (exact) mass is 702 g/mol. The molecule has 3 nitrogen and oxygen atoms in total. The summed E-state index contributed by atoms with van der Waals surface area (Å²) in [7, 11) is 0. The van der Waals surface area contributed by atoms with E-state index in [4.69, 9.17) is 4.42 Å². The fraction of sp³-hybridized carbons (Fsp3) is 0.0385. The summed E-state index contributed by atoms with van der Waals surface area (Å²) >= 11 is 0. The first-order valence-corrected chi connectivity index (χ1v) is 19.2. The highest BCUT2D eigenvalue weighted by Crippen LogP contribution is 2.46. The van der Waals surface area contributed by atoms with Crippen molar-refractivity contribution in [1.82, 2.24) is 9.13 Å². The van der Waals surface area contributed by atoms with Crippen molar-refractivity contribution >= 4 is 71.6 Å². The molecular weight excluding hydrogens is 669 g/mol. The van der Waals surface area contributed by atoms with E-state index in [1.165, 1.54) is 66.3 Å². The highest BCUT2D eigenvalue weighted by atomic mass is 16.3. The Balaban J connectivity index is 1.16. The van der Waals surface area contributed by atoms with E-state index < -0.39 is 0 Å². The summed E-state index contributed by atoms with van der Waals surface area (Å²) in [6, 6.07) is 62.0. The zero-order chi connectivity index (χ0) is 36.0. The molecule has 0 amide bonds. The summed E-state index contributed by atoms with van der Waals surface area (Å²) in [6.45, 7) is 0. The van der Waals surface area contributed by atoms with Gasteiger partial charge in [-0.3, -0.25) is 0 Å². The molecule has 258 valence electrons. The molecule has 0 unspecified atom stereocenters. The summed E-state index contributed by atoms with van der Waals surface area (Å²) in [4.78, 5) is 0. The third kappa shape index (κ3) is 4.50. The normalized spacial score (nSPS) is 12.9. The van der Waals surface area contributed by atoms with E-state index >= 15 is 0 Å². The molecule has 3 aromatic heterocycles. The van der Waals surface area contributed by atoms with Gasteiger partial charge < -0.3 is 13.6 Å². The Labute approximate surface area is 317 Å². The van der Waals surface area contributed by atoms with Crippen LogP contribution in [0, 0.1) is 0 Å². The molecule has 3 heterocycles. The number of nitrogens with zero attached hydrogens (tertiary/aromatic N) is 2. The third-order valence-corrected chi connectivity index (χ3v) is 11.8. The van der Waals surface area contributed by atoms with E-state index in [1.54, 1.807) is 0 Å². The van der Waals surface area contributed by atoms with Crippen molar-refractivity contribution in [2.45, 2.75) is 12.8 Å². The first kappa shape index (κ1) is 30.4. The van der Waals surface area contributed by atoms with Gasteiger partial charge in [0.25, 0.3) is 0 Å². The molecule has 55 heavy (non-hydrogen) atoms. The molecule has 12 rings (SSSR count). The van der Waals surface area contributed by atoms with Crippen LogP contribution in [0.5, 0.6) is 0 Å². The Morgan fingerprint density at radius 3 is 1.98 bits per heavy atom. The van der Waals surface area contributed by atoms with E-state index in [0.29, 0.717) is 0 Å². The highest BCUT2D eigenvalue weighted by molar-refractivity contribution is 6.27. The van der Waals surface area contributed by atoms with Crippen molar-refractivity contribution < 1.29 is 4.42 Å². The fourth-order valence-electron chi connectivity index (χ4n) is 9.23. The zero-order valence-corrected chi connectivity index (χ0v) is 30.0. The van der Waals surface area contributed by atoms with E-state index in [2.05, 4.69) is 191 Å². The zero-order valence-electron chi connectivity index (χ0n) is 30.0. The molecule has 0 bridgehead atoms. The molecule has 0 spiro atoms. The van der Waals surface area contributed by atoms with Crippen LogP contribution in [0.2, 0.25) is 0 Å². The number of aromatic nitrogens is 2. The van der Waals surface area contributed by atoms with Gasteiger partial charge in [0.15, 0.2) is 0 Å². The van der Waals surface area contributed by atoms with E-state index in [-0.39, 0.29) is 0 Å². The van der Waals surface area contributed by atoms with Gasteiger partial charge in [-0.15, -0.1) is 0 Å². The molecule has 1 aliphatic rings. The van der Waals surface area contributed by atoms with Gasteiger partial charge in [0, 0.05) is 43.9 Å². The van der Waals surface area contributed by atoms with Gasteiger partial charge in [0.1, 0.15) is 11.2 Å². The van der Waals surface area contributed by atoms with Crippen LogP contribution in [0.25, 0.3) is 105 Å². The van der Waals surface area contributed by atoms with E-state index in [0.717, 1.165) is 56.9 Å². The molecule has 0 N–H and O–H groups in total. The molecule has 0 saturated heterocycles. The van der Waals surface area contributed by atoms with Crippen molar-refractivity contribution in [1.29, 1.82) is 0 Å². The summed E-state index contributed by atoms with van der Waals surface area (Å²) in [5.41, 5.74) is 16.3. The average Bonchev–Trinajstić information content (AvgIpc) is 3.91. The molecule has 0 fully saturated rings. The molecule has 11 aromatic rings. The maximum Gasteiger partial charge on any atom is 0.145 e. The van der Waals surface area contributed by atoms with Gasteiger partial charge >= 0.3 is 0 Å². The maximum absolute atomic E-state index is 6.79. The lowest BCUT2D eigenvalue weighted by molar-refractivity contribution is 0.673. The first-order chi connectivity index (χ1) is 27.3. The minimum atomic E-state index is 0.901. The Morgan fingerprint density at radius 2 is 1.13 bits per heavy atom. The molecule has 0 aliphatic heterocycles. The van der Waals surface area contributed by atoms with Crippen LogP contribution in [-0.2, 0) is 6.42 Å². The molecule has 8 aromatic carbocycles. The standard InChI is InChI=1S/C52H34N2O/c1-2-12-33(13-3-1)35-22-26-38(27-23-35)54-47-20-10-7-18-42(47)50-51(54)43(32-45-41-17-8-11-21-49(41)55-52(45)50)37-25-29-48-44(31-37)40-16-6-9-19-46(40)53(48)39-28-24-34-14-4-5-15-36(34)30-39/h1-3,5-13,15-32H,4,14H2. The second-order valence-corrected chi connectivity index (χ2v) is 14.8. The van der Waals surface area contributed by atoms with Crippen LogP contribution < -0.4 is 0 Å². The van der Waals surface area contributed by atoms with Crippen LogP contribution in [0.1, 0.15) is 17.5 Å². The quantitative estimate of drug-likeness (QED) is 0.179. The van der Waals surface area contributed by atoms with Crippen molar-refractivity contribution in [3.05, 3.63) is 187 Å². The van der Waals surface area contributed by atoms with E-state index in [9.17, 15) is 0 Å². The summed E-state index contributed by atoms with van der Waals surface area (Å²) in [5, 5.41) is 7.05. The number of para-hydroxylation sites is 3. The minimum absolute atomic E-state index is 0.901. The van der Waals surface area contributed by atoms with Gasteiger partial charge in [-0.2, -0.15) is 0 Å². The van der Waals surface area contributed by atoms with Crippen molar-refractivity contribution in [3.63, 3.8) is 0 Å². The number of allylic oxidation sites excluding steroid dienone is 1. The second-order valence-electron chi connectivity index (χ2n) is 14.8. The summed E-state index contributed by atoms with van der Waals surface area (Å²) < 4.78 is 11.7. The average molecular weight is 703 g/mol. The van der Waals surface area contributed by atoms with Gasteiger partial charge in [0.05, 0.1) is 27.5 Å². The maximum atomic E-state index is 6.79. The number of fused-ring (bicyclic) bond motifs is 11. The topological polar surface area (TPSA) is 23.0 Å². The molecular formula is C52H34N2O. The number of hydrogen-bond acceptors (Lipinski definition) is 1. The number of rotatable bonds is 4. The molecule has 0 radical (unpaired) electrons. The van der Waals surface area contributed by atoms with Crippen LogP contribution in [0.15, 0.2) is 180 Å². The SMILES string of the molecule is C1=Cc2cc(-n3c4ccccc4c4cc(-c5cc6c7ccccc7oc6c6c7ccccc7n(-c7ccc(-c8ccccc8)cc7)c56)ccc43)ccc2CC1. The predicted molar refractivity (Wildman–Crippen MR) is 231 cm³/mol. The lowest BCUT2D eigenvalue weighted by Crippen LogP contribution is -1.99. The highest BCUT2D eigenvalue weighted by Gasteiger charge is 2.24. The molecule has 3 heteroatoms. The van der Waals surface area contributed by atoms with Crippen LogP contribution in [0.3, 0.4) is 0 Å². The summed E-state index contributed by atoms with van der Waals surface area (Å²) in [5.74, 6) is 0. The van der Waals surface area contributed by atoms with Crippen molar-refractivity contribution in [3.8, 4) is 33.6 Å². The smallest absolute Gasteiger partial charge is 0.145 e. The van der Waals surface area contributed by atoms with Gasteiger partial charge in [-0.25, -0.2) is 0 Å². The number of benzene rings is 8. The van der Waals surface area contributed by atoms with Gasteiger partial charge in [-0.1, -0.05) is 121 Å². The third-order valence-electron chi connectivity index (χ3n) is 11.8. The Morgan fingerprint density at radius 1 is 0.455 bits per heavy atom. The molecule has 0 saturated carbocycles. The fourth-order valence-corrected chi connectivity index (χ4v) is 9.23. The van der Waals surface area contributed by atoms with Gasteiger partial charge in [0.2, 0.25) is 0 Å². The van der Waals surface area contributed by atoms with Gasteiger partial charge in [-0.05, 0) is 101 Å². The molecule has 0 atom stereocenters. The largest absolute Gasteiger partial charge is 0.455 e. The summed E-state index contributed by atoms with van der Waals surface area (Å²) in [6.07, 6.45) is 6.78. The lowest BCUT2D eigenvalue weighted by Gasteiger charge is -2.15. The Bertz CT molecular complexity index is 3350. The van der Waals surface area contributed by atoms with Crippen LogP contribution in [-0.4, -0.2) is 9.13 Å². The molecule has 1 aliphatic carbocycles. The number of aryl methyl sites for hydroxylation is 1. The van der Waals surface area contributed by atoms with Crippen molar-refractivity contribution in [2.75, 3.05) is 0 Å². The number of furan rings is 1. The first-order valence-electron chi connectivity index (χ1n) is 19.2. The Kier molecular flexibility index (Phi) is 6.46. The lowest BCUT2D eigenvalue weighted by atomic mass is 9.96. The predicted octanol–water partition coefficient (Wildman–Crippen LogP) is 14.1. The van der Waals surface area contributed by atoms with E-state index in [1.807, 2.05) is 0 Å². The van der Waals surface area contributed by atoms with Crippen molar-refractivity contribution in [2.24, 2.45) is 0 Å². The minimum Gasteiger partial charge on any atom is -0.455 e. The second kappa shape index (κ2) is 11.7. The number of hydrogen-bond donors (Lipinski definition) is 0. The van der Waals surface area contributed by atoms with Crippen LogP contribution >= 0.6 is 0 Å².